The van der Waals surface area contributed by atoms with Crippen molar-refractivity contribution in [1.29, 1.82) is 0 Å². The van der Waals surface area contributed by atoms with Crippen LogP contribution in [0.1, 0.15) is 0 Å². The highest BCUT2D eigenvalue weighted by molar-refractivity contribution is 9.10. The lowest BCUT2D eigenvalue weighted by Crippen LogP contribution is -1.93. The number of fused-ring (bicyclic) bond motifs is 1. The number of nitrogens with one attached hydrogen (secondary N) is 1. The maximum Gasteiger partial charge on any atom is 0.182 e. The number of nitrogens with zero attached hydrogens (tertiary/aromatic N) is 1. The molecule has 0 spiro atoms. The van der Waals surface area contributed by atoms with E-state index in [2.05, 4.69) is 20.9 Å². The molecule has 0 amide bonds. The van der Waals surface area contributed by atoms with Crippen LogP contribution in [0.15, 0.2) is 46.9 Å². The van der Waals surface area contributed by atoms with E-state index < -0.39 is 0 Å². The summed E-state index contributed by atoms with van der Waals surface area (Å²) >= 11 is 14.8. The number of benzene rings is 2. The molecule has 3 aromatic rings. The van der Waals surface area contributed by atoms with E-state index in [0.717, 1.165) is 21.2 Å². The summed E-state index contributed by atoms with van der Waals surface area (Å²) in [4.78, 5) is 3.19. The lowest BCUT2D eigenvalue weighted by molar-refractivity contribution is 1.07. The first kappa shape index (κ1) is 12.0. The van der Waals surface area contributed by atoms with E-state index in [-0.39, 0.29) is 0 Å². The Morgan fingerprint density at radius 2 is 2.00 bits per heavy atom. The van der Waals surface area contributed by atoms with E-state index >= 15 is 0 Å². The SMILES string of the molecule is S=c1[nH]c2cc(Br)ccc2n1-c1cccc(Cl)c1. The molecule has 1 aromatic heterocycles. The van der Waals surface area contributed by atoms with Crippen LogP contribution in [0.25, 0.3) is 16.7 Å². The van der Waals surface area contributed by atoms with Gasteiger partial charge in [-0.05, 0) is 48.6 Å². The minimum atomic E-state index is 0.658. The quantitative estimate of drug-likeness (QED) is 0.611. The van der Waals surface area contributed by atoms with Crippen LogP contribution in [0.5, 0.6) is 0 Å². The Morgan fingerprint density at radius 1 is 1.17 bits per heavy atom. The smallest absolute Gasteiger partial charge is 0.182 e. The Morgan fingerprint density at radius 3 is 2.78 bits per heavy atom. The summed E-state index contributed by atoms with van der Waals surface area (Å²) in [5, 5.41) is 0.695. The molecule has 0 aliphatic rings. The first-order valence-electron chi connectivity index (χ1n) is 5.31. The zero-order valence-corrected chi connectivity index (χ0v) is 12.3. The van der Waals surface area contributed by atoms with Gasteiger partial charge >= 0.3 is 0 Å². The van der Waals surface area contributed by atoms with Crippen molar-refractivity contribution in [2.45, 2.75) is 0 Å². The van der Waals surface area contributed by atoms with Crippen molar-refractivity contribution in [3.63, 3.8) is 0 Å². The summed E-state index contributed by atoms with van der Waals surface area (Å²) < 4.78 is 3.65. The average molecular weight is 340 g/mol. The molecule has 5 heteroatoms. The fourth-order valence-corrected chi connectivity index (χ4v) is 2.81. The first-order valence-corrected chi connectivity index (χ1v) is 6.89. The number of hydrogen-bond donors (Lipinski definition) is 1. The summed E-state index contributed by atoms with van der Waals surface area (Å²) in [6.07, 6.45) is 0. The van der Waals surface area contributed by atoms with Crippen molar-refractivity contribution >= 4 is 50.8 Å². The molecule has 2 nitrogen and oxygen atoms in total. The summed E-state index contributed by atoms with van der Waals surface area (Å²) in [6, 6.07) is 13.7. The van der Waals surface area contributed by atoms with Gasteiger partial charge in [-0.25, -0.2) is 0 Å². The van der Waals surface area contributed by atoms with Crippen molar-refractivity contribution in [2.75, 3.05) is 0 Å². The minimum Gasteiger partial charge on any atom is -0.330 e. The topological polar surface area (TPSA) is 20.7 Å². The van der Waals surface area contributed by atoms with E-state index in [1.54, 1.807) is 0 Å². The number of H-pyrrole nitrogens is 1. The van der Waals surface area contributed by atoms with E-state index in [4.69, 9.17) is 23.8 Å². The van der Waals surface area contributed by atoms with Crippen molar-refractivity contribution in [3.05, 3.63) is 56.7 Å². The monoisotopic (exact) mass is 338 g/mol. The zero-order chi connectivity index (χ0) is 12.7. The fraction of sp³-hybridized carbons (Fsp3) is 0. The molecule has 1 heterocycles. The molecule has 90 valence electrons. The molecule has 18 heavy (non-hydrogen) atoms. The Labute approximate surface area is 122 Å². The van der Waals surface area contributed by atoms with Crippen LogP contribution in [0.4, 0.5) is 0 Å². The number of imidazole rings is 1. The molecule has 0 aliphatic heterocycles. The number of aromatic amines is 1. The maximum atomic E-state index is 6.03. The highest BCUT2D eigenvalue weighted by Crippen LogP contribution is 2.24. The van der Waals surface area contributed by atoms with Crippen molar-refractivity contribution in [2.24, 2.45) is 0 Å². The maximum absolute atomic E-state index is 6.03. The molecule has 0 unspecified atom stereocenters. The van der Waals surface area contributed by atoms with Crippen molar-refractivity contribution in [3.8, 4) is 5.69 Å². The van der Waals surface area contributed by atoms with Crippen LogP contribution >= 0.6 is 39.7 Å². The van der Waals surface area contributed by atoms with E-state index in [1.807, 2.05) is 47.0 Å². The molecule has 0 saturated heterocycles. The Bertz CT molecular complexity index is 791. The van der Waals surface area contributed by atoms with Gasteiger partial charge in [0, 0.05) is 15.2 Å². The van der Waals surface area contributed by atoms with Crippen LogP contribution < -0.4 is 0 Å². The second-order valence-electron chi connectivity index (χ2n) is 3.91. The molecule has 0 saturated carbocycles. The Balaban J connectivity index is 2.35. The molecule has 0 atom stereocenters. The second kappa shape index (κ2) is 4.53. The van der Waals surface area contributed by atoms with Gasteiger partial charge in [-0.15, -0.1) is 0 Å². The van der Waals surface area contributed by atoms with Gasteiger partial charge in [0.25, 0.3) is 0 Å². The van der Waals surface area contributed by atoms with Gasteiger partial charge in [0.05, 0.1) is 11.0 Å². The fourth-order valence-electron chi connectivity index (χ4n) is 1.96. The number of aromatic nitrogens is 2. The van der Waals surface area contributed by atoms with Gasteiger partial charge < -0.3 is 4.98 Å². The second-order valence-corrected chi connectivity index (χ2v) is 5.65. The van der Waals surface area contributed by atoms with Crippen molar-refractivity contribution in [1.82, 2.24) is 9.55 Å². The first-order chi connectivity index (χ1) is 8.65. The molecule has 1 N–H and O–H groups in total. The van der Waals surface area contributed by atoms with Crippen molar-refractivity contribution < 1.29 is 0 Å². The third kappa shape index (κ3) is 2.00. The van der Waals surface area contributed by atoms with E-state index in [9.17, 15) is 0 Å². The van der Waals surface area contributed by atoms with E-state index in [1.165, 1.54) is 0 Å². The predicted octanol–water partition coefficient (Wildman–Crippen LogP) is 5.10. The normalized spacial score (nSPS) is 11.0. The molecule has 2 aromatic carbocycles. The highest BCUT2D eigenvalue weighted by Gasteiger charge is 2.06. The van der Waals surface area contributed by atoms with Crippen LogP contribution in [0, 0.1) is 4.77 Å². The number of rotatable bonds is 1. The molecule has 0 fully saturated rings. The van der Waals surface area contributed by atoms with Crippen LogP contribution in [0.3, 0.4) is 0 Å². The molecular formula is C13H8BrClN2S. The molecule has 0 aliphatic carbocycles. The molecular weight excluding hydrogens is 332 g/mol. The summed E-state index contributed by atoms with van der Waals surface area (Å²) in [7, 11) is 0. The van der Waals surface area contributed by atoms with Gasteiger partial charge in [0.15, 0.2) is 4.77 Å². The predicted molar refractivity (Wildman–Crippen MR) is 81.2 cm³/mol. The van der Waals surface area contributed by atoms with Gasteiger partial charge in [-0.2, -0.15) is 0 Å². The Hall–Kier alpha value is -1.10. The molecule has 0 bridgehead atoms. The summed E-state index contributed by atoms with van der Waals surface area (Å²) in [5.41, 5.74) is 2.99. The summed E-state index contributed by atoms with van der Waals surface area (Å²) in [6.45, 7) is 0. The number of hydrogen-bond acceptors (Lipinski definition) is 1. The van der Waals surface area contributed by atoms with Crippen LogP contribution in [0.2, 0.25) is 5.02 Å². The van der Waals surface area contributed by atoms with E-state index in [0.29, 0.717) is 9.79 Å². The highest BCUT2D eigenvalue weighted by atomic mass is 79.9. The third-order valence-corrected chi connectivity index (χ3v) is 3.72. The number of halogens is 2. The van der Waals surface area contributed by atoms with Gasteiger partial charge in [-0.3, -0.25) is 4.57 Å². The average Bonchev–Trinajstić information content (AvgIpc) is 2.64. The molecule has 0 radical (unpaired) electrons. The third-order valence-electron chi connectivity index (χ3n) is 2.71. The molecule has 3 rings (SSSR count). The van der Waals surface area contributed by atoms with Crippen LogP contribution in [-0.4, -0.2) is 9.55 Å². The van der Waals surface area contributed by atoms with Crippen LogP contribution in [-0.2, 0) is 0 Å². The lowest BCUT2D eigenvalue weighted by atomic mass is 10.3. The minimum absolute atomic E-state index is 0.658. The standard InChI is InChI=1S/C13H8BrClN2S/c14-8-4-5-12-11(6-8)16-13(18)17(12)10-3-1-2-9(15)7-10/h1-7H,(H,16,18). The van der Waals surface area contributed by atoms with Gasteiger partial charge in [0.2, 0.25) is 0 Å². The zero-order valence-electron chi connectivity index (χ0n) is 9.15. The van der Waals surface area contributed by atoms with Gasteiger partial charge in [-0.1, -0.05) is 33.6 Å². The summed E-state index contributed by atoms with van der Waals surface area (Å²) in [5.74, 6) is 0. The lowest BCUT2D eigenvalue weighted by Gasteiger charge is -2.04. The largest absolute Gasteiger partial charge is 0.330 e. The van der Waals surface area contributed by atoms with Gasteiger partial charge in [0.1, 0.15) is 0 Å². The Kier molecular flexibility index (Phi) is 3.01.